The molecule has 2 aromatic heterocycles. The highest BCUT2D eigenvalue weighted by Gasteiger charge is 2.38. The van der Waals surface area contributed by atoms with Crippen molar-refractivity contribution in [1.29, 1.82) is 0 Å². The fraction of sp³-hybridized carbons (Fsp3) is 0.500. The molecule has 3 heterocycles. The molecule has 10 heteroatoms. The standard InChI is InChI=1S/C10H9BrF3N5O/c11-6-1-15-19(2-6)7-3-18(4-7)5-8-16-17-9(20-8)10(12,13)14/h1-2,7H,3-5H2. The molecule has 0 bridgehead atoms. The molecule has 108 valence electrons. The van der Waals surface area contributed by atoms with E-state index in [9.17, 15) is 13.2 Å². The third-order valence-corrected chi connectivity index (χ3v) is 3.36. The molecule has 0 aliphatic carbocycles. The molecule has 0 unspecified atom stereocenters. The summed E-state index contributed by atoms with van der Waals surface area (Å²) in [6.07, 6.45) is -1.04. The molecular formula is C10H9BrF3N5O. The Balaban J connectivity index is 1.55. The second-order valence-electron chi connectivity index (χ2n) is 4.49. The maximum Gasteiger partial charge on any atom is 0.470 e. The number of rotatable bonds is 3. The van der Waals surface area contributed by atoms with Gasteiger partial charge in [-0.3, -0.25) is 9.58 Å². The van der Waals surface area contributed by atoms with Gasteiger partial charge in [0, 0.05) is 19.3 Å². The van der Waals surface area contributed by atoms with E-state index >= 15 is 0 Å². The number of alkyl halides is 3. The monoisotopic (exact) mass is 351 g/mol. The Kier molecular flexibility index (Phi) is 3.28. The van der Waals surface area contributed by atoms with Gasteiger partial charge in [-0.25, -0.2) is 0 Å². The molecule has 1 fully saturated rings. The SMILES string of the molecule is FC(F)(F)c1nnc(CN2CC(n3cc(Br)cn3)C2)o1. The molecule has 0 spiro atoms. The first-order chi connectivity index (χ1) is 9.41. The summed E-state index contributed by atoms with van der Waals surface area (Å²) in [7, 11) is 0. The van der Waals surface area contributed by atoms with E-state index in [1.54, 1.807) is 6.20 Å². The number of aromatic nitrogens is 4. The lowest BCUT2D eigenvalue weighted by molar-refractivity contribution is -0.157. The van der Waals surface area contributed by atoms with Gasteiger partial charge in [0.15, 0.2) is 0 Å². The van der Waals surface area contributed by atoms with Crippen molar-refractivity contribution in [3.8, 4) is 0 Å². The number of nitrogens with zero attached hydrogens (tertiary/aromatic N) is 5. The smallest absolute Gasteiger partial charge is 0.416 e. The minimum absolute atomic E-state index is 0.0302. The summed E-state index contributed by atoms with van der Waals surface area (Å²) in [4.78, 5) is 1.91. The van der Waals surface area contributed by atoms with Crippen molar-refractivity contribution in [2.75, 3.05) is 13.1 Å². The lowest BCUT2D eigenvalue weighted by atomic mass is 10.1. The molecule has 0 aromatic carbocycles. The normalized spacial score (nSPS) is 17.4. The van der Waals surface area contributed by atoms with Gasteiger partial charge < -0.3 is 4.42 Å². The molecule has 2 aromatic rings. The summed E-state index contributed by atoms with van der Waals surface area (Å²) < 4.78 is 44.2. The van der Waals surface area contributed by atoms with Crippen molar-refractivity contribution >= 4 is 15.9 Å². The highest BCUT2D eigenvalue weighted by Crippen LogP contribution is 2.29. The van der Waals surface area contributed by atoms with Crippen LogP contribution in [0.2, 0.25) is 0 Å². The van der Waals surface area contributed by atoms with E-state index in [0.29, 0.717) is 13.1 Å². The van der Waals surface area contributed by atoms with Crippen LogP contribution in [0.15, 0.2) is 21.3 Å². The van der Waals surface area contributed by atoms with Crippen LogP contribution in [0.1, 0.15) is 17.8 Å². The molecule has 0 amide bonds. The molecule has 20 heavy (non-hydrogen) atoms. The van der Waals surface area contributed by atoms with Gasteiger partial charge in [0.05, 0.1) is 23.3 Å². The summed E-state index contributed by atoms with van der Waals surface area (Å²) in [6.45, 7) is 1.57. The van der Waals surface area contributed by atoms with Gasteiger partial charge in [-0.05, 0) is 15.9 Å². The Labute approximate surface area is 119 Å². The van der Waals surface area contributed by atoms with Gasteiger partial charge >= 0.3 is 12.1 Å². The zero-order chi connectivity index (χ0) is 14.3. The van der Waals surface area contributed by atoms with Crippen molar-refractivity contribution in [3.05, 3.63) is 28.6 Å². The molecule has 0 N–H and O–H groups in total. The summed E-state index contributed by atoms with van der Waals surface area (Å²) >= 11 is 3.31. The first-order valence-electron chi connectivity index (χ1n) is 5.73. The number of halogens is 4. The van der Waals surface area contributed by atoms with Gasteiger partial charge in [-0.1, -0.05) is 0 Å². The Morgan fingerprint density at radius 1 is 1.35 bits per heavy atom. The summed E-state index contributed by atoms with van der Waals surface area (Å²) in [5.41, 5.74) is 0. The summed E-state index contributed by atoms with van der Waals surface area (Å²) in [6, 6.07) is 0.214. The largest absolute Gasteiger partial charge is 0.470 e. The van der Waals surface area contributed by atoms with Crippen LogP contribution in [0.3, 0.4) is 0 Å². The Bertz CT molecular complexity index is 604. The van der Waals surface area contributed by atoms with E-state index in [4.69, 9.17) is 0 Å². The Hall–Kier alpha value is -1.42. The minimum atomic E-state index is -4.59. The van der Waals surface area contributed by atoms with Crippen LogP contribution < -0.4 is 0 Å². The maximum absolute atomic E-state index is 12.3. The van der Waals surface area contributed by atoms with Crippen molar-refractivity contribution in [3.63, 3.8) is 0 Å². The summed E-state index contributed by atoms with van der Waals surface area (Å²) in [5.74, 6) is -1.34. The summed E-state index contributed by atoms with van der Waals surface area (Å²) in [5, 5.41) is 10.5. The Morgan fingerprint density at radius 2 is 2.10 bits per heavy atom. The number of hydrogen-bond donors (Lipinski definition) is 0. The first kappa shape index (κ1) is 13.6. The van der Waals surface area contributed by atoms with Crippen LogP contribution in [-0.4, -0.2) is 38.0 Å². The molecule has 3 rings (SSSR count). The zero-order valence-electron chi connectivity index (χ0n) is 10.0. The molecule has 1 aliphatic rings. The molecule has 1 aliphatic heterocycles. The van der Waals surface area contributed by atoms with Crippen LogP contribution in [0.4, 0.5) is 13.2 Å². The molecule has 0 radical (unpaired) electrons. The van der Waals surface area contributed by atoms with Crippen LogP contribution in [-0.2, 0) is 12.7 Å². The van der Waals surface area contributed by atoms with E-state index in [0.717, 1.165) is 4.47 Å². The van der Waals surface area contributed by atoms with Crippen LogP contribution in [0.25, 0.3) is 0 Å². The van der Waals surface area contributed by atoms with Crippen molar-refractivity contribution in [2.45, 2.75) is 18.8 Å². The maximum atomic E-state index is 12.3. The fourth-order valence-electron chi connectivity index (χ4n) is 1.98. The van der Waals surface area contributed by atoms with E-state index < -0.39 is 12.1 Å². The lowest BCUT2D eigenvalue weighted by Gasteiger charge is -2.38. The second-order valence-corrected chi connectivity index (χ2v) is 5.40. The van der Waals surface area contributed by atoms with E-state index in [1.165, 1.54) is 0 Å². The fourth-order valence-corrected chi connectivity index (χ4v) is 2.28. The third-order valence-electron chi connectivity index (χ3n) is 2.95. The van der Waals surface area contributed by atoms with Gasteiger partial charge in [0.1, 0.15) is 0 Å². The minimum Gasteiger partial charge on any atom is -0.416 e. The number of hydrogen-bond acceptors (Lipinski definition) is 5. The van der Waals surface area contributed by atoms with Gasteiger partial charge in [0.2, 0.25) is 5.89 Å². The molecule has 0 atom stereocenters. The molecule has 0 saturated carbocycles. The second kappa shape index (κ2) is 4.85. The third kappa shape index (κ3) is 2.70. The van der Waals surface area contributed by atoms with E-state index in [-0.39, 0.29) is 18.5 Å². The zero-order valence-corrected chi connectivity index (χ0v) is 11.6. The molecular weight excluding hydrogens is 343 g/mol. The topological polar surface area (TPSA) is 60.0 Å². The van der Waals surface area contributed by atoms with Crippen LogP contribution >= 0.6 is 15.9 Å². The van der Waals surface area contributed by atoms with E-state index in [1.807, 2.05) is 15.8 Å². The molecule has 1 saturated heterocycles. The van der Waals surface area contributed by atoms with Gasteiger partial charge in [-0.2, -0.15) is 18.3 Å². The lowest BCUT2D eigenvalue weighted by Crippen LogP contribution is -2.47. The quantitative estimate of drug-likeness (QED) is 0.847. The average molecular weight is 352 g/mol. The van der Waals surface area contributed by atoms with Gasteiger partial charge in [0.25, 0.3) is 0 Å². The predicted molar refractivity (Wildman–Crippen MR) is 63.5 cm³/mol. The van der Waals surface area contributed by atoms with Crippen LogP contribution in [0, 0.1) is 0 Å². The highest BCUT2D eigenvalue weighted by atomic mass is 79.9. The average Bonchev–Trinajstić information content (AvgIpc) is 2.90. The van der Waals surface area contributed by atoms with E-state index in [2.05, 4.69) is 35.6 Å². The molecule has 6 nitrogen and oxygen atoms in total. The highest BCUT2D eigenvalue weighted by molar-refractivity contribution is 9.10. The predicted octanol–water partition coefficient (Wildman–Crippen LogP) is 2.10. The first-order valence-corrected chi connectivity index (χ1v) is 6.53. The van der Waals surface area contributed by atoms with Crippen molar-refractivity contribution in [2.24, 2.45) is 0 Å². The van der Waals surface area contributed by atoms with Gasteiger partial charge in [-0.15, -0.1) is 10.2 Å². The van der Waals surface area contributed by atoms with Crippen LogP contribution in [0.5, 0.6) is 0 Å². The number of likely N-dealkylation sites (tertiary alicyclic amines) is 1. The Morgan fingerprint density at radius 3 is 2.65 bits per heavy atom. The van der Waals surface area contributed by atoms with Crippen molar-refractivity contribution in [1.82, 2.24) is 24.9 Å². The van der Waals surface area contributed by atoms with Crippen molar-refractivity contribution < 1.29 is 17.6 Å².